The third-order valence-corrected chi connectivity index (χ3v) is 3.51. The summed E-state index contributed by atoms with van der Waals surface area (Å²) < 4.78 is 43.4. The predicted molar refractivity (Wildman–Crippen MR) is 78.3 cm³/mol. The van der Waals surface area contributed by atoms with Gasteiger partial charge in [-0.15, -0.1) is 0 Å². The Labute approximate surface area is 124 Å². The molecule has 0 amide bonds. The SMILES string of the molecule is CCCC(OCC)C(Cc1ccc(C(F)(F)F)cc1)NC. The number of benzene rings is 1. The molecule has 2 unspecified atom stereocenters. The van der Waals surface area contributed by atoms with Crippen LogP contribution in [0.15, 0.2) is 24.3 Å². The lowest BCUT2D eigenvalue weighted by atomic mass is 9.97. The van der Waals surface area contributed by atoms with Crippen LogP contribution in [0.3, 0.4) is 0 Å². The minimum atomic E-state index is -4.28. The fourth-order valence-corrected chi connectivity index (χ4v) is 2.40. The molecule has 1 rings (SSSR count). The zero-order chi connectivity index (χ0) is 15.9. The monoisotopic (exact) mass is 303 g/mol. The van der Waals surface area contributed by atoms with Crippen molar-refractivity contribution in [2.45, 2.75) is 51.4 Å². The van der Waals surface area contributed by atoms with E-state index in [0.717, 1.165) is 30.5 Å². The van der Waals surface area contributed by atoms with Crippen molar-refractivity contribution in [1.29, 1.82) is 0 Å². The van der Waals surface area contributed by atoms with Crippen LogP contribution in [0, 0.1) is 0 Å². The van der Waals surface area contributed by atoms with Crippen molar-refractivity contribution in [3.8, 4) is 0 Å². The van der Waals surface area contributed by atoms with Gasteiger partial charge in [-0.3, -0.25) is 0 Å². The first-order chi connectivity index (χ1) is 9.92. The highest BCUT2D eigenvalue weighted by molar-refractivity contribution is 5.25. The fourth-order valence-electron chi connectivity index (χ4n) is 2.40. The Balaban J connectivity index is 2.76. The second-order valence-electron chi connectivity index (χ2n) is 5.08. The van der Waals surface area contributed by atoms with Crippen LogP contribution >= 0.6 is 0 Å². The van der Waals surface area contributed by atoms with Crippen LogP contribution in [0.5, 0.6) is 0 Å². The van der Waals surface area contributed by atoms with Gasteiger partial charge in [-0.05, 0) is 44.5 Å². The van der Waals surface area contributed by atoms with E-state index in [4.69, 9.17) is 4.74 Å². The molecule has 0 saturated carbocycles. The molecule has 120 valence electrons. The van der Waals surface area contributed by atoms with Crippen LogP contribution in [-0.4, -0.2) is 25.8 Å². The Morgan fingerprint density at radius 2 is 1.76 bits per heavy atom. The van der Waals surface area contributed by atoms with Crippen LogP contribution in [0.1, 0.15) is 37.8 Å². The maximum atomic E-state index is 12.5. The Morgan fingerprint density at radius 3 is 2.19 bits per heavy atom. The van der Waals surface area contributed by atoms with E-state index in [0.29, 0.717) is 13.0 Å². The zero-order valence-electron chi connectivity index (χ0n) is 12.8. The summed E-state index contributed by atoms with van der Waals surface area (Å²) in [5, 5.41) is 3.22. The first kappa shape index (κ1) is 18.0. The molecule has 0 saturated heterocycles. The molecule has 1 N–H and O–H groups in total. The second-order valence-corrected chi connectivity index (χ2v) is 5.08. The largest absolute Gasteiger partial charge is 0.416 e. The average molecular weight is 303 g/mol. The van der Waals surface area contributed by atoms with Gasteiger partial charge in [0.25, 0.3) is 0 Å². The molecule has 1 aromatic rings. The summed E-state index contributed by atoms with van der Waals surface area (Å²) in [5.74, 6) is 0. The molecule has 1 aromatic carbocycles. The molecule has 2 nitrogen and oxygen atoms in total. The number of hydrogen-bond donors (Lipinski definition) is 1. The molecule has 0 aromatic heterocycles. The van der Waals surface area contributed by atoms with Gasteiger partial charge in [0, 0.05) is 12.6 Å². The average Bonchev–Trinajstić information content (AvgIpc) is 2.44. The minimum absolute atomic E-state index is 0.0762. The van der Waals surface area contributed by atoms with E-state index in [2.05, 4.69) is 12.2 Å². The van der Waals surface area contributed by atoms with E-state index in [-0.39, 0.29) is 12.1 Å². The maximum Gasteiger partial charge on any atom is 0.416 e. The third kappa shape index (κ3) is 5.67. The number of rotatable bonds is 8. The van der Waals surface area contributed by atoms with Crippen molar-refractivity contribution in [3.63, 3.8) is 0 Å². The van der Waals surface area contributed by atoms with Crippen molar-refractivity contribution in [3.05, 3.63) is 35.4 Å². The Morgan fingerprint density at radius 1 is 1.14 bits per heavy atom. The molecule has 0 spiro atoms. The summed E-state index contributed by atoms with van der Waals surface area (Å²) in [7, 11) is 1.86. The van der Waals surface area contributed by atoms with Crippen molar-refractivity contribution in [2.75, 3.05) is 13.7 Å². The lowest BCUT2D eigenvalue weighted by molar-refractivity contribution is -0.137. The smallest absolute Gasteiger partial charge is 0.377 e. The highest BCUT2D eigenvalue weighted by atomic mass is 19.4. The molecule has 0 aliphatic heterocycles. The van der Waals surface area contributed by atoms with E-state index in [1.54, 1.807) is 12.1 Å². The number of hydrogen-bond acceptors (Lipinski definition) is 2. The van der Waals surface area contributed by atoms with Crippen LogP contribution < -0.4 is 5.32 Å². The lowest BCUT2D eigenvalue weighted by Gasteiger charge is -2.26. The van der Waals surface area contributed by atoms with Gasteiger partial charge in [-0.2, -0.15) is 13.2 Å². The Kier molecular flexibility index (Phi) is 7.18. The van der Waals surface area contributed by atoms with E-state index in [9.17, 15) is 13.2 Å². The summed E-state index contributed by atoms with van der Waals surface area (Å²) in [6.45, 7) is 4.68. The summed E-state index contributed by atoms with van der Waals surface area (Å²) >= 11 is 0. The van der Waals surface area contributed by atoms with Gasteiger partial charge in [0.05, 0.1) is 11.7 Å². The first-order valence-electron chi connectivity index (χ1n) is 7.37. The van der Waals surface area contributed by atoms with Crippen LogP contribution in [0.25, 0.3) is 0 Å². The van der Waals surface area contributed by atoms with E-state index in [1.807, 2.05) is 14.0 Å². The number of ether oxygens (including phenoxy) is 1. The summed E-state index contributed by atoms with van der Waals surface area (Å²) in [4.78, 5) is 0. The number of halogens is 3. The van der Waals surface area contributed by atoms with Crippen molar-refractivity contribution >= 4 is 0 Å². The quantitative estimate of drug-likeness (QED) is 0.782. The van der Waals surface area contributed by atoms with E-state index < -0.39 is 11.7 Å². The number of likely N-dealkylation sites (N-methyl/N-ethyl adjacent to an activating group) is 1. The molecule has 21 heavy (non-hydrogen) atoms. The maximum absolute atomic E-state index is 12.5. The third-order valence-electron chi connectivity index (χ3n) is 3.51. The first-order valence-corrected chi connectivity index (χ1v) is 7.37. The Hall–Kier alpha value is -1.07. The summed E-state index contributed by atoms with van der Waals surface area (Å²) in [6, 6.07) is 5.46. The standard InChI is InChI=1S/C16H24F3NO/c1-4-6-15(21-5-2)14(20-3)11-12-7-9-13(10-8-12)16(17,18)19/h7-10,14-15,20H,4-6,11H2,1-3H3. The van der Waals surface area contributed by atoms with Gasteiger partial charge in [0.1, 0.15) is 0 Å². The molecule has 0 aliphatic carbocycles. The van der Waals surface area contributed by atoms with Gasteiger partial charge >= 0.3 is 6.18 Å². The molecule has 0 radical (unpaired) electrons. The highest BCUT2D eigenvalue weighted by Crippen LogP contribution is 2.29. The van der Waals surface area contributed by atoms with Crippen LogP contribution in [-0.2, 0) is 17.3 Å². The van der Waals surface area contributed by atoms with Gasteiger partial charge in [-0.1, -0.05) is 25.5 Å². The Bertz CT molecular complexity index is 397. The molecule has 2 atom stereocenters. The minimum Gasteiger partial charge on any atom is -0.377 e. The number of alkyl halides is 3. The number of nitrogens with one attached hydrogen (secondary N) is 1. The van der Waals surface area contributed by atoms with Crippen LogP contribution in [0.2, 0.25) is 0 Å². The molecule has 0 fully saturated rings. The lowest BCUT2D eigenvalue weighted by Crippen LogP contribution is -2.41. The summed E-state index contributed by atoms with van der Waals surface area (Å²) in [5.41, 5.74) is 0.269. The van der Waals surface area contributed by atoms with E-state index >= 15 is 0 Å². The zero-order valence-corrected chi connectivity index (χ0v) is 12.8. The topological polar surface area (TPSA) is 21.3 Å². The van der Waals surface area contributed by atoms with Crippen molar-refractivity contribution in [2.24, 2.45) is 0 Å². The second kappa shape index (κ2) is 8.39. The van der Waals surface area contributed by atoms with E-state index in [1.165, 1.54) is 0 Å². The van der Waals surface area contributed by atoms with Gasteiger partial charge in [0.2, 0.25) is 0 Å². The molecular weight excluding hydrogens is 279 g/mol. The van der Waals surface area contributed by atoms with Crippen molar-refractivity contribution < 1.29 is 17.9 Å². The van der Waals surface area contributed by atoms with Gasteiger partial charge in [0.15, 0.2) is 0 Å². The molecule has 5 heteroatoms. The molecule has 0 bridgehead atoms. The predicted octanol–water partition coefficient (Wildman–Crippen LogP) is 4.04. The normalized spacial score (nSPS) is 15.0. The van der Waals surface area contributed by atoms with Gasteiger partial charge < -0.3 is 10.1 Å². The van der Waals surface area contributed by atoms with Crippen molar-refractivity contribution in [1.82, 2.24) is 5.32 Å². The van der Waals surface area contributed by atoms with Gasteiger partial charge in [-0.25, -0.2) is 0 Å². The van der Waals surface area contributed by atoms with Crippen LogP contribution in [0.4, 0.5) is 13.2 Å². The molecule has 0 heterocycles. The summed E-state index contributed by atoms with van der Waals surface area (Å²) in [6.07, 6.45) is -1.61. The highest BCUT2D eigenvalue weighted by Gasteiger charge is 2.30. The fraction of sp³-hybridized carbons (Fsp3) is 0.625. The molecule has 0 aliphatic rings. The molecular formula is C16H24F3NO.